The predicted octanol–water partition coefficient (Wildman–Crippen LogP) is 3.97. The second-order valence-electron chi connectivity index (χ2n) is 7.23. The molecule has 1 aromatic carbocycles. The molecular weight excluding hydrogens is 517 g/mol. The van der Waals surface area contributed by atoms with E-state index in [4.69, 9.17) is 14.5 Å². The van der Waals surface area contributed by atoms with Crippen molar-refractivity contribution in [1.29, 1.82) is 0 Å². The molecule has 0 radical (unpaired) electrons. The van der Waals surface area contributed by atoms with E-state index in [0.29, 0.717) is 26.4 Å². The van der Waals surface area contributed by atoms with Gasteiger partial charge in [0, 0.05) is 44.1 Å². The molecule has 0 aliphatic rings. The van der Waals surface area contributed by atoms with Gasteiger partial charge in [-0.2, -0.15) is 0 Å². The summed E-state index contributed by atoms with van der Waals surface area (Å²) in [6.45, 7) is 10.0. The smallest absolute Gasteiger partial charge is 0.191 e. The number of pyridine rings is 1. The van der Waals surface area contributed by atoms with E-state index in [1.807, 2.05) is 35.7 Å². The zero-order chi connectivity index (χ0) is 21.9. The highest BCUT2D eigenvalue weighted by molar-refractivity contribution is 14.0. The van der Waals surface area contributed by atoms with Gasteiger partial charge in [0.2, 0.25) is 0 Å². The van der Waals surface area contributed by atoms with Crippen molar-refractivity contribution in [3.05, 3.63) is 65.6 Å². The van der Waals surface area contributed by atoms with Crippen molar-refractivity contribution in [2.24, 2.45) is 4.99 Å². The summed E-state index contributed by atoms with van der Waals surface area (Å²) in [6.07, 6.45) is 4.90. The molecule has 0 amide bonds. The van der Waals surface area contributed by atoms with Gasteiger partial charge in [-0.05, 0) is 44.5 Å². The van der Waals surface area contributed by atoms with E-state index in [9.17, 15) is 0 Å². The van der Waals surface area contributed by atoms with Crippen LogP contribution in [0.15, 0.2) is 53.8 Å². The molecule has 0 saturated carbocycles. The van der Waals surface area contributed by atoms with Gasteiger partial charge in [0.1, 0.15) is 18.0 Å². The van der Waals surface area contributed by atoms with Gasteiger partial charge in [-0.25, -0.2) is 9.98 Å². The summed E-state index contributed by atoms with van der Waals surface area (Å²) in [5.41, 5.74) is 4.24. The van der Waals surface area contributed by atoms with Gasteiger partial charge in [-0.3, -0.25) is 0 Å². The average molecular weight is 551 g/mol. The minimum Gasteiger partial charge on any atom is -0.491 e. The summed E-state index contributed by atoms with van der Waals surface area (Å²) in [6, 6.07) is 12.2. The highest BCUT2D eigenvalue weighted by atomic mass is 127. The Morgan fingerprint density at radius 3 is 2.78 bits per heavy atom. The van der Waals surface area contributed by atoms with Crippen molar-refractivity contribution >= 4 is 35.6 Å². The Kier molecular flexibility index (Phi) is 11.3. The number of hydrogen-bond acceptors (Lipinski definition) is 4. The molecule has 2 N–H and O–H groups in total. The molecule has 7 nitrogen and oxygen atoms in total. The van der Waals surface area contributed by atoms with Crippen LogP contribution in [0.2, 0.25) is 0 Å². The second-order valence-corrected chi connectivity index (χ2v) is 7.23. The molecule has 174 valence electrons. The molecule has 2 heterocycles. The topological polar surface area (TPSA) is 72.2 Å². The fraction of sp³-hybridized carbons (Fsp3) is 0.417. The van der Waals surface area contributed by atoms with E-state index >= 15 is 0 Å². The van der Waals surface area contributed by atoms with Crippen LogP contribution in [0.1, 0.15) is 30.7 Å². The number of nitrogens with one attached hydrogen (secondary N) is 2. The SMILES string of the molecule is CCNC(=NCc1ccc(C)cc1OCCOCC)NCCc1cn2ccccc2n1.I. The molecule has 3 aromatic rings. The van der Waals surface area contributed by atoms with Crippen LogP contribution in [0, 0.1) is 6.92 Å². The Morgan fingerprint density at radius 2 is 2.00 bits per heavy atom. The van der Waals surface area contributed by atoms with Gasteiger partial charge in [0.05, 0.1) is 18.8 Å². The van der Waals surface area contributed by atoms with Crippen LogP contribution in [-0.4, -0.2) is 48.3 Å². The van der Waals surface area contributed by atoms with Crippen LogP contribution in [-0.2, 0) is 17.7 Å². The van der Waals surface area contributed by atoms with Crippen LogP contribution in [0.25, 0.3) is 5.65 Å². The second kappa shape index (κ2) is 13.9. The van der Waals surface area contributed by atoms with Crippen molar-refractivity contribution < 1.29 is 9.47 Å². The number of fused-ring (bicyclic) bond motifs is 1. The maximum atomic E-state index is 5.93. The summed E-state index contributed by atoms with van der Waals surface area (Å²) >= 11 is 0. The number of aromatic nitrogens is 2. The van der Waals surface area contributed by atoms with Gasteiger partial charge < -0.3 is 24.5 Å². The van der Waals surface area contributed by atoms with Crippen molar-refractivity contribution in [1.82, 2.24) is 20.0 Å². The standard InChI is InChI=1S/C24H33N5O2.HI/c1-4-25-24(26-12-11-21-18-29-13-7-6-8-23(29)28-21)27-17-20-10-9-19(3)16-22(20)31-15-14-30-5-2;/h6-10,13,16,18H,4-5,11-12,14-15,17H2,1-3H3,(H2,25,26,27);1H. The molecule has 0 aliphatic heterocycles. The number of aliphatic imine (C=N–C) groups is 1. The molecule has 0 bridgehead atoms. The van der Waals surface area contributed by atoms with Crippen molar-refractivity contribution in [2.45, 2.75) is 33.7 Å². The van der Waals surface area contributed by atoms with Gasteiger partial charge >= 0.3 is 0 Å². The molecule has 0 atom stereocenters. The van der Waals surface area contributed by atoms with E-state index in [1.165, 1.54) is 0 Å². The van der Waals surface area contributed by atoms with Gasteiger partial charge in [0.15, 0.2) is 5.96 Å². The van der Waals surface area contributed by atoms with Crippen molar-refractivity contribution in [3.8, 4) is 5.75 Å². The van der Waals surface area contributed by atoms with Crippen LogP contribution >= 0.6 is 24.0 Å². The first-order chi connectivity index (χ1) is 15.2. The summed E-state index contributed by atoms with van der Waals surface area (Å²) < 4.78 is 13.4. The number of imidazole rings is 1. The van der Waals surface area contributed by atoms with E-state index in [-0.39, 0.29) is 24.0 Å². The number of nitrogens with zero attached hydrogens (tertiary/aromatic N) is 3. The highest BCUT2D eigenvalue weighted by Crippen LogP contribution is 2.21. The van der Waals surface area contributed by atoms with Crippen LogP contribution in [0.5, 0.6) is 5.75 Å². The zero-order valence-corrected chi connectivity index (χ0v) is 21.5. The number of hydrogen-bond donors (Lipinski definition) is 2. The third-order valence-electron chi connectivity index (χ3n) is 4.75. The third-order valence-corrected chi connectivity index (χ3v) is 4.75. The molecule has 2 aromatic heterocycles. The normalized spacial score (nSPS) is 11.3. The molecule has 0 fully saturated rings. The molecule has 8 heteroatoms. The number of ether oxygens (including phenoxy) is 2. The minimum atomic E-state index is 0. The Morgan fingerprint density at radius 1 is 1.12 bits per heavy atom. The number of benzene rings is 1. The zero-order valence-electron chi connectivity index (χ0n) is 19.1. The molecular formula is C24H34IN5O2. The number of guanidine groups is 1. The Bertz CT molecular complexity index is 956. The lowest BCUT2D eigenvalue weighted by molar-refractivity contribution is 0.110. The number of halogens is 1. The summed E-state index contributed by atoms with van der Waals surface area (Å²) in [5.74, 6) is 1.65. The maximum Gasteiger partial charge on any atom is 0.191 e. The molecule has 0 saturated heterocycles. The van der Waals surface area contributed by atoms with Crippen LogP contribution < -0.4 is 15.4 Å². The fourth-order valence-electron chi connectivity index (χ4n) is 3.20. The first-order valence-corrected chi connectivity index (χ1v) is 10.9. The van der Waals surface area contributed by atoms with Gasteiger partial charge in [-0.1, -0.05) is 18.2 Å². The molecule has 32 heavy (non-hydrogen) atoms. The summed E-state index contributed by atoms with van der Waals surface area (Å²) in [7, 11) is 0. The Labute approximate surface area is 207 Å². The lowest BCUT2D eigenvalue weighted by Crippen LogP contribution is -2.38. The maximum absolute atomic E-state index is 5.93. The lowest BCUT2D eigenvalue weighted by Gasteiger charge is -2.13. The van der Waals surface area contributed by atoms with Crippen LogP contribution in [0.3, 0.4) is 0 Å². The van der Waals surface area contributed by atoms with E-state index < -0.39 is 0 Å². The first-order valence-electron chi connectivity index (χ1n) is 10.9. The number of aryl methyl sites for hydroxylation is 1. The monoisotopic (exact) mass is 551 g/mol. The largest absolute Gasteiger partial charge is 0.491 e. The number of rotatable bonds is 11. The van der Waals surface area contributed by atoms with Gasteiger partial charge in [-0.15, -0.1) is 24.0 Å². The van der Waals surface area contributed by atoms with E-state index in [2.05, 4.69) is 53.9 Å². The highest BCUT2D eigenvalue weighted by Gasteiger charge is 2.06. The van der Waals surface area contributed by atoms with E-state index in [1.54, 1.807) is 0 Å². The molecule has 0 unspecified atom stereocenters. The van der Waals surface area contributed by atoms with Crippen LogP contribution in [0.4, 0.5) is 0 Å². The van der Waals surface area contributed by atoms with Crippen molar-refractivity contribution in [3.63, 3.8) is 0 Å². The summed E-state index contributed by atoms with van der Waals surface area (Å²) in [5, 5.41) is 6.71. The van der Waals surface area contributed by atoms with Crippen molar-refractivity contribution in [2.75, 3.05) is 32.9 Å². The molecule has 3 rings (SSSR count). The van der Waals surface area contributed by atoms with E-state index in [0.717, 1.165) is 53.7 Å². The quantitative estimate of drug-likeness (QED) is 0.163. The molecule has 0 spiro atoms. The Hall–Kier alpha value is -2.33. The van der Waals surface area contributed by atoms with Gasteiger partial charge in [0.25, 0.3) is 0 Å². The first kappa shape index (κ1) is 25.9. The average Bonchev–Trinajstić information content (AvgIpc) is 3.19. The predicted molar refractivity (Wildman–Crippen MR) is 140 cm³/mol. The fourth-order valence-corrected chi connectivity index (χ4v) is 3.20. The Balaban J connectivity index is 0.00000363. The lowest BCUT2D eigenvalue weighted by atomic mass is 10.1. The summed E-state index contributed by atoms with van der Waals surface area (Å²) in [4.78, 5) is 9.40. The third kappa shape index (κ3) is 7.98. The minimum absolute atomic E-state index is 0. The molecule has 0 aliphatic carbocycles.